The fraction of sp³-hybridized carbons (Fsp3) is 0.316. The van der Waals surface area contributed by atoms with Gasteiger partial charge in [-0.25, -0.2) is 0 Å². The second kappa shape index (κ2) is 9.41. The Kier molecular flexibility index (Phi) is 6.96. The second-order valence-electron chi connectivity index (χ2n) is 6.12. The molecule has 2 aromatic rings. The lowest BCUT2D eigenvalue weighted by atomic mass is 10.1. The summed E-state index contributed by atoms with van der Waals surface area (Å²) in [6.07, 6.45) is 0.974. The first kappa shape index (κ1) is 19.2. The van der Waals surface area contributed by atoms with Gasteiger partial charge >= 0.3 is 5.69 Å². The summed E-state index contributed by atoms with van der Waals surface area (Å²) in [7, 11) is 0. The Morgan fingerprint density at radius 1 is 1.12 bits per heavy atom. The molecule has 0 aromatic heterocycles. The van der Waals surface area contributed by atoms with Crippen molar-refractivity contribution >= 4 is 17.3 Å². The van der Waals surface area contributed by atoms with E-state index in [0.717, 1.165) is 12.2 Å². The zero-order chi connectivity index (χ0) is 18.9. The van der Waals surface area contributed by atoms with Crippen molar-refractivity contribution in [3.05, 3.63) is 58.6 Å². The average molecular weight is 358 g/mol. The van der Waals surface area contributed by atoms with Crippen molar-refractivity contribution in [3.63, 3.8) is 0 Å². The van der Waals surface area contributed by atoms with Gasteiger partial charge in [0.2, 0.25) is 0 Å². The van der Waals surface area contributed by atoms with E-state index in [0.29, 0.717) is 18.2 Å². The zero-order valence-corrected chi connectivity index (χ0v) is 14.8. The van der Waals surface area contributed by atoms with Gasteiger partial charge < -0.3 is 14.8 Å². The van der Waals surface area contributed by atoms with Crippen LogP contribution in [-0.4, -0.2) is 24.0 Å². The first-order chi connectivity index (χ1) is 12.5. The third-order valence-corrected chi connectivity index (χ3v) is 3.52. The van der Waals surface area contributed by atoms with Crippen LogP contribution >= 0.6 is 0 Å². The van der Waals surface area contributed by atoms with E-state index in [-0.39, 0.29) is 18.0 Å². The topological polar surface area (TPSA) is 90.7 Å². The molecule has 0 bridgehead atoms. The van der Waals surface area contributed by atoms with Gasteiger partial charge in [-0.05, 0) is 42.7 Å². The first-order valence-electron chi connectivity index (χ1n) is 8.34. The van der Waals surface area contributed by atoms with Crippen LogP contribution in [0.25, 0.3) is 0 Å². The highest BCUT2D eigenvalue weighted by molar-refractivity contribution is 5.91. The van der Waals surface area contributed by atoms with E-state index in [4.69, 9.17) is 9.47 Å². The maximum atomic E-state index is 12.0. The molecule has 7 heteroatoms. The van der Waals surface area contributed by atoms with Crippen LogP contribution in [0, 0.1) is 16.0 Å². The van der Waals surface area contributed by atoms with Gasteiger partial charge in [0.05, 0.1) is 11.5 Å². The number of ether oxygens (including phenoxy) is 2. The summed E-state index contributed by atoms with van der Waals surface area (Å²) in [5.41, 5.74) is 0.417. The largest absolute Gasteiger partial charge is 0.494 e. The van der Waals surface area contributed by atoms with Crippen LogP contribution in [0.5, 0.6) is 11.5 Å². The normalized spacial score (nSPS) is 10.4. The van der Waals surface area contributed by atoms with Crippen molar-refractivity contribution in [1.29, 1.82) is 0 Å². The lowest BCUT2D eigenvalue weighted by molar-refractivity contribution is -0.385. The SMILES string of the molecule is CC(C)CCOc1ccc(NC(=O)COc2ccccc2[N+](=O)[O-])cc1. The number of carbonyl (C=O) groups is 1. The van der Waals surface area contributed by atoms with Crippen molar-refractivity contribution in [2.45, 2.75) is 20.3 Å². The van der Waals surface area contributed by atoms with Crippen LogP contribution in [0.4, 0.5) is 11.4 Å². The van der Waals surface area contributed by atoms with Crippen LogP contribution in [0.3, 0.4) is 0 Å². The predicted octanol–water partition coefficient (Wildman–Crippen LogP) is 4.04. The van der Waals surface area contributed by atoms with Crippen molar-refractivity contribution in [2.24, 2.45) is 5.92 Å². The van der Waals surface area contributed by atoms with E-state index in [1.165, 1.54) is 18.2 Å². The summed E-state index contributed by atoms with van der Waals surface area (Å²) in [6, 6.07) is 12.9. The van der Waals surface area contributed by atoms with Crippen LogP contribution in [-0.2, 0) is 4.79 Å². The fourth-order valence-electron chi connectivity index (χ4n) is 2.12. The van der Waals surface area contributed by atoms with E-state index in [1.807, 2.05) is 0 Å². The molecule has 2 rings (SSSR count). The highest BCUT2D eigenvalue weighted by atomic mass is 16.6. The Labute approximate surface area is 152 Å². The minimum absolute atomic E-state index is 0.0570. The summed E-state index contributed by atoms with van der Waals surface area (Å²) in [4.78, 5) is 22.3. The van der Waals surface area contributed by atoms with Gasteiger partial charge in [0, 0.05) is 11.8 Å². The summed E-state index contributed by atoms with van der Waals surface area (Å²) in [6.45, 7) is 4.59. The maximum Gasteiger partial charge on any atom is 0.310 e. The molecule has 0 spiro atoms. The Balaban J connectivity index is 1.83. The number of nitrogens with zero attached hydrogens (tertiary/aromatic N) is 1. The third-order valence-electron chi connectivity index (χ3n) is 3.52. The quantitative estimate of drug-likeness (QED) is 0.540. The van der Waals surface area contributed by atoms with Crippen molar-refractivity contribution in [2.75, 3.05) is 18.5 Å². The molecule has 1 amide bonds. The average Bonchev–Trinajstić information content (AvgIpc) is 2.61. The molecule has 1 N–H and O–H groups in total. The van der Waals surface area contributed by atoms with E-state index >= 15 is 0 Å². The molecule has 0 aliphatic carbocycles. The van der Waals surface area contributed by atoms with Crippen LogP contribution in [0.2, 0.25) is 0 Å². The van der Waals surface area contributed by atoms with E-state index < -0.39 is 10.8 Å². The molecule has 0 unspecified atom stereocenters. The molecular formula is C19H22N2O5. The Bertz CT molecular complexity index is 744. The lowest BCUT2D eigenvalue weighted by Crippen LogP contribution is -2.20. The molecule has 0 atom stereocenters. The van der Waals surface area contributed by atoms with Crippen LogP contribution in [0.15, 0.2) is 48.5 Å². The molecule has 0 saturated heterocycles. The van der Waals surface area contributed by atoms with E-state index in [9.17, 15) is 14.9 Å². The van der Waals surface area contributed by atoms with Gasteiger partial charge in [0.1, 0.15) is 5.75 Å². The third kappa shape index (κ3) is 6.08. The monoisotopic (exact) mass is 358 g/mol. The molecule has 7 nitrogen and oxygen atoms in total. The molecule has 0 radical (unpaired) electrons. The van der Waals surface area contributed by atoms with Crippen LogP contribution < -0.4 is 14.8 Å². The number of para-hydroxylation sites is 2. The van der Waals surface area contributed by atoms with Gasteiger partial charge in [0.25, 0.3) is 5.91 Å². The minimum atomic E-state index is -0.550. The number of hydrogen-bond acceptors (Lipinski definition) is 5. The lowest BCUT2D eigenvalue weighted by Gasteiger charge is -2.10. The summed E-state index contributed by atoms with van der Waals surface area (Å²) < 4.78 is 10.9. The van der Waals surface area contributed by atoms with Crippen LogP contribution in [0.1, 0.15) is 20.3 Å². The zero-order valence-electron chi connectivity index (χ0n) is 14.8. The molecule has 2 aromatic carbocycles. The molecule has 0 fully saturated rings. The molecular weight excluding hydrogens is 336 g/mol. The Morgan fingerprint density at radius 2 is 1.81 bits per heavy atom. The molecule has 0 heterocycles. The number of anilines is 1. The van der Waals surface area contributed by atoms with Crippen molar-refractivity contribution in [3.8, 4) is 11.5 Å². The van der Waals surface area contributed by atoms with Gasteiger partial charge in [-0.2, -0.15) is 0 Å². The molecule has 0 aliphatic rings. The van der Waals surface area contributed by atoms with E-state index in [2.05, 4.69) is 19.2 Å². The molecule has 0 aliphatic heterocycles. The van der Waals surface area contributed by atoms with Gasteiger partial charge in [0.15, 0.2) is 12.4 Å². The van der Waals surface area contributed by atoms with Gasteiger partial charge in [-0.1, -0.05) is 26.0 Å². The van der Waals surface area contributed by atoms with E-state index in [1.54, 1.807) is 30.3 Å². The highest BCUT2D eigenvalue weighted by Gasteiger charge is 2.15. The standard InChI is InChI=1S/C19H22N2O5/c1-14(2)11-12-25-16-9-7-15(8-10-16)20-19(22)13-26-18-6-4-3-5-17(18)21(23)24/h3-10,14H,11-13H2,1-2H3,(H,20,22). The number of amides is 1. The summed E-state index contributed by atoms with van der Waals surface area (Å²) in [5.74, 6) is 0.965. The second-order valence-corrected chi connectivity index (χ2v) is 6.12. The molecule has 138 valence electrons. The Hall–Kier alpha value is -3.09. The molecule has 0 saturated carbocycles. The number of nitro groups is 1. The number of benzene rings is 2. The number of nitro benzene ring substituents is 1. The number of carbonyl (C=O) groups excluding carboxylic acids is 1. The van der Waals surface area contributed by atoms with Crippen molar-refractivity contribution < 1.29 is 19.2 Å². The molecule has 26 heavy (non-hydrogen) atoms. The number of hydrogen-bond donors (Lipinski definition) is 1. The van der Waals surface area contributed by atoms with Gasteiger partial charge in [-0.15, -0.1) is 0 Å². The fourth-order valence-corrected chi connectivity index (χ4v) is 2.12. The smallest absolute Gasteiger partial charge is 0.310 e. The van der Waals surface area contributed by atoms with Gasteiger partial charge in [-0.3, -0.25) is 14.9 Å². The number of nitrogens with one attached hydrogen (secondary N) is 1. The summed E-state index contributed by atoms with van der Waals surface area (Å²) in [5, 5.41) is 13.6. The highest BCUT2D eigenvalue weighted by Crippen LogP contribution is 2.25. The number of rotatable bonds is 9. The Morgan fingerprint density at radius 3 is 2.46 bits per heavy atom. The van der Waals surface area contributed by atoms with Crippen molar-refractivity contribution in [1.82, 2.24) is 0 Å². The summed E-state index contributed by atoms with van der Waals surface area (Å²) >= 11 is 0. The predicted molar refractivity (Wildman–Crippen MR) is 98.6 cm³/mol. The maximum absolute atomic E-state index is 12.0. The minimum Gasteiger partial charge on any atom is -0.494 e. The first-order valence-corrected chi connectivity index (χ1v) is 8.34.